The van der Waals surface area contributed by atoms with Crippen molar-refractivity contribution in [2.45, 2.75) is 13.3 Å². The molecule has 0 atom stereocenters. The summed E-state index contributed by atoms with van der Waals surface area (Å²) in [6.45, 7) is 4.26. The maximum atomic E-state index is 13.1. The van der Waals surface area contributed by atoms with Crippen LogP contribution in [-0.2, 0) is 0 Å². The van der Waals surface area contributed by atoms with Crippen LogP contribution < -0.4 is 10.6 Å². The predicted molar refractivity (Wildman–Crippen MR) is 69.6 cm³/mol. The summed E-state index contributed by atoms with van der Waals surface area (Å²) in [6.07, 6.45) is 1.06. The number of hydrogen-bond acceptors (Lipinski definition) is 2. The molecule has 0 heterocycles. The van der Waals surface area contributed by atoms with Gasteiger partial charge in [-0.2, -0.15) is 0 Å². The van der Waals surface area contributed by atoms with Gasteiger partial charge in [-0.15, -0.1) is 0 Å². The Bertz CT molecular complexity index is 365. The van der Waals surface area contributed by atoms with Gasteiger partial charge in [-0.1, -0.05) is 22.9 Å². The lowest BCUT2D eigenvalue weighted by Crippen LogP contribution is -2.32. The van der Waals surface area contributed by atoms with E-state index in [0.29, 0.717) is 16.6 Å². The Morgan fingerprint density at radius 3 is 2.71 bits per heavy atom. The average molecular weight is 303 g/mol. The molecule has 1 aromatic carbocycles. The summed E-state index contributed by atoms with van der Waals surface area (Å²) in [4.78, 5) is 11.7. The van der Waals surface area contributed by atoms with Crippen LogP contribution in [0.4, 0.5) is 4.39 Å². The molecule has 0 aliphatic heterocycles. The van der Waals surface area contributed by atoms with Gasteiger partial charge in [-0.3, -0.25) is 4.79 Å². The van der Waals surface area contributed by atoms with Gasteiger partial charge in [0.05, 0.1) is 0 Å². The number of benzene rings is 1. The smallest absolute Gasteiger partial charge is 0.251 e. The highest BCUT2D eigenvalue weighted by Crippen LogP contribution is 2.14. The number of nitrogens with one attached hydrogen (secondary N) is 2. The zero-order valence-corrected chi connectivity index (χ0v) is 11.3. The molecule has 0 aliphatic carbocycles. The van der Waals surface area contributed by atoms with E-state index in [2.05, 4.69) is 33.5 Å². The first-order valence-corrected chi connectivity index (χ1v) is 6.37. The van der Waals surface area contributed by atoms with Crippen LogP contribution in [0.2, 0.25) is 0 Å². The van der Waals surface area contributed by atoms with Gasteiger partial charge < -0.3 is 10.6 Å². The molecule has 0 aromatic heterocycles. The third kappa shape index (κ3) is 5.28. The van der Waals surface area contributed by atoms with Crippen molar-refractivity contribution in [2.75, 3.05) is 19.6 Å². The molecule has 0 saturated carbocycles. The highest BCUT2D eigenvalue weighted by Gasteiger charge is 2.07. The first-order chi connectivity index (χ1) is 8.13. The molecule has 0 unspecified atom stereocenters. The Morgan fingerprint density at radius 2 is 2.06 bits per heavy atom. The zero-order chi connectivity index (χ0) is 12.7. The van der Waals surface area contributed by atoms with Gasteiger partial charge in [0.1, 0.15) is 5.82 Å². The molecule has 5 heteroatoms. The van der Waals surface area contributed by atoms with Crippen LogP contribution in [0.1, 0.15) is 23.7 Å². The third-order valence-electron chi connectivity index (χ3n) is 2.14. The van der Waals surface area contributed by atoms with Crippen molar-refractivity contribution in [3.8, 4) is 0 Å². The fourth-order valence-corrected chi connectivity index (χ4v) is 1.82. The fraction of sp³-hybridized carbons (Fsp3) is 0.417. The van der Waals surface area contributed by atoms with E-state index in [1.54, 1.807) is 6.07 Å². The molecule has 0 saturated heterocycles. The van der Waals surface area contributed by atoms with Crippen molar-refractivity contribution in [1.82, 2.24) is 10.6 Å². The SMILES string of the molecule is CCCNCCNC(=O)c1cc(F)cc(Br)c1. The van der Waals surface area contributed by atoms with Gasteiger partial charge in [0.2, 0.25) is 0 Å². The first-order valence-electron chi connectivity index (χ1n) is 5.58. The molecule has 1 aromatic rings. The minimum Gasteiger partial charge on any atom is -0.351 e. The Balaban J connectivity index is 2.41. The molecular formula is C12H16BrFN2O. The second-order valence-corrected chi connectivity index (χ2v) is 4.58. The van der Waals surface area contributed by atoms with Crippen LogP contribution >= 0.6 is 15.9 Å². The summed E-state index contributed by atoms with van der Waals surface area (Å²) < 4.78 is 13.6. The van der Waals surface area contributed by atoms with Crippen molar-refractivity contribution in [3.05, 3.63) is 34.1 Å². The van der Waals surface area contributed by atoms with Gasteiger partial charge in [0, 0.05) is 23.1 Å². The quantitative estimate of drug-likeness (QED) is 0.792. The van der Waals surface area contributed by atoms with E-state index in [0.717, 1.165) is 19.5 Å². The first kappa shape index (κ1) is 14.1. The largest absolute Gasteiger partial charge is 0.351 e. The third-order valence-corrected chi connectivity index (χ3v) is 2.60. The topological polar surface area (TPSA) is 41.1 Å². The van der Waals surface area contributed by atoms with Gasteiger partial charge in [0.25, 0.3) is 5.91 Å². The Kier molecular flexibility index (Phi) is 6.15. The van der Waals surface area contributed by atoms with E-state index >= 15 is 0 Å². The molecule has 17 heavy (non-hydrogen) atoms. The minimum absolute atomic E-state index is 0.261. The van der Waals surface area contributed by atoms with Gasteiger partial charge in [-0.05, 0) is 31.2 Å². The van der Waals surface area contributed by atoms with E-state index < -0.39 is 5.82 Å². The molecule has 0 spiro atoms. The lowest BCUT2D eigenvalue weighted by atomic mass is 10.2. The van der Waals surface area contributed by atoms with E-state index in [1.165, 1.54) is 12.1 Å². The van der Waals surface area contributed by atoms with Gasteiger partial charge >= 0.3 is 0 Å². The molecule has 0 aliphatic rings. The maximum Gasteiger partial charge on any atom is 0.251 e. The highest BCUT2D eigenvalue weighted by molar-refractivity contribution is 9.10. The Labute approximate surface area is 109 Å². The second kappa shape index (κ2) is 7.40. The van der Waals surface area contributed by atoms with Gasteiger partial charge in [-0.25, -0.2) is 4.39 Å². The normalized spacial score (nSPS) is 10.3. The van der Waals surface area contributed by atoms with Gasteiger partial charge in [0.15, 0.2) is 0 Å². The number of rotatable bonds is 6. The highest BCUT2D eigenvalue weighted by atomic mass is 79.9. The second-order valence-electron chi connectivity index (χ2n) is 3.66. The standard InChI is InChI=1S/C12H16BrFN2O/c1-2-3-15-4-5-16-12(17)9-6-10(13)8-11(14)7-9/h6-8,15H,2-5H2,1H3,(H,16,17). The lowest BCUT2D eigenvalue weighted by molar-refractivity contribution is 0.0953. The van der Waals surface area contributed by atoms with Crippen LogP contribution in [0.3, 0.4) is 0 Å². The molecular weight excluding hydrogens is 287 g/mol. The average Bonchev–Trinajstić information content (AvgIpc) is 2.27. The monoisotopic (exact) mass is 302 g/mol. The molecule has 94 valence electrons. The summed E-state index contributed by atoms with van der Waals surface area (Å²) in [5.41, 5.74) is 0.326. The number of carbonyl (C=O) groups is 1. The van der Waals surface area contributed by atoms with Crippen LogP contribution in [0.15, 0.2) is 22.7 Å². The lowest BCUT2D eigenvalue weighted by Gasteiger charge is -2.06. The minimum atomic E-state index is -0.423. The summed E-state index contributed by atoms with van der Waals surface area (Å²) in [5.74, 6) is -0.683. The zero-order valence-electron chi connectivity index (χ0n) is 9.72. The number of amides is 1. The van der Waals surface area contributed by atoms with Crippen molar-refractivity contribution in [2.24, 2.45) is 0 Å². The molecule has 1 rings (SSSR count). The number of hydrogen-bond donors (Lipinski definition) is 2. The van der Waals surface area contributed by atoms with E-state index in [1.807, 2.05) is 0 Å². The number of carbonyl (C=O) groups excluding carboxylic acids is 1. The maximum absolute atomic E-state index is 13.1. The Hall–Kier alpha value is -0.940. The van der Waals surface area contributed by atoms with E-state index in [-0.39, 0.29) is 5.91 Å². The van der Waals surface area contributed by atoms with Crippen molar-refractivity contribution in [3.63, 3.8) is 0 Å². The van der Waals surface area contributed by atoms with E-state index in [9.17, 15) is 9.18 Å². The summed E-state index contributed by atoms with van der Waals surface area (Å²) in [5, 5.41) is 5.89. The Morgan fingerprint density at radius 1 is 1.29 bits per heavy atom. The summed E-state index contributed by atoms with van der Waals surface area (Å²) in [7, 11) is 0. The van der Waals surface area contributed by atoms with Crippen LogP contribution in [0.5, 0.6) is 0 Å². The van der Waals surface area contributed by atoms with Crippen LogP contribution in [0, 0.1) is 5.82 Å². The summed E-state index contributed by atoms with van der Waals surface area (Å²) >= 11 is 3.15. The van der Waals surface area contributed by atoms with Crippen LogP contribution in [-0.4, -0.2) is 25.5 Å². The molecule has 3 nitrogen and oxygen atoms in total. The van der Waals surface area contributed by atoms with Crippen molar-refractivity contribution in [1.29, 1.82) is 0 Å². The molecule has 0 fully saturated rings. The van der Waals surface area contributed by atoms with E-state index in [4.69, 9.17) is 0 Å². The molecule has 2 N–H and O–H groups in total. The van der Waals surface area contributed by atoms with Crippen molar-refractivity contribution >= 4 is 21.8 Å². The molecule has 0 radical (unpaired) electrons. The molecule has 0 bridgehead atoms. The van der Waals surface area contributed by atoms with Crippen molar-refractivity contribution < 1.29 is 9.18 Å². The molecule has 1 amide bonds. The van der Waals surface area contributed by atoms with Crippen LogP contribution in [0.25, 0.3) is 0 Å². The summed E-state index contributed by atoms with van der Waals surface area (Å²) in [6, 6.07) is 4.14. The fourth-order valence-electron chi connectivity index (χ4n) is 1.35. The number of halogens is 2. The predicted octanol–water partition coefficient (Wildman–Crippen LogP) is 2.32.